The van der Waals surface area contributed by atoms with Crippen LogP contribution >= 0.6 is 0 Å². The van der Waals surface area contributed by atoms with Crippen LogP contribution < -0.4 is 11.1 Å². The highest BCUT2D eigenvalue weighted by molar-refractivity contribution is 5.94. The fraction of sp³-hybridized carbons (Fsp3) is 0.600. The van der Waals surface area contributed by atoms with Crippen LogP contribution in [0.3, 0.4) is 0 Å². The highest BCUT2D eigenvalue weighted by atomic mass is 16.5. The Labute approximate surface area is 159 Å². The Balaban J connectivity index is 1.39. The number of ether oxygens (including phenoxy) is 1. The van der Waals surface area contributed by atoms with Gasteiger partial charge in [0, 0.05) is 37.7 Å². The molecule has 27 heavy (non-hydrogen) atoms. The molecule has 2 aromatic rings. The maximum absolute atomic E-state index is 12.6. The quantitative estimate of drug-likeness (QED) is 0.719. The van der Waals surface area contributed by atoms with E-state index in [4.69, 9.17) is 10.5 Å². The number of rotatable bonds is 6. The molecule has 2 heterocycles. The Morgan fingerprint density at radius 2 is 2.19 bits per heavy atom. The van der Waals surface area contributed by atoms with Gasteiger partial charge >= 0.3 is 0 Å². The van der Waals surface area contributed by atoms with Crippen molar-refractivity contribution in [1.82, 2.24) is 14.9 Å². The van der Waals surface area contributed by atoms with E-state index in [9.17, 15) is 4.79 Å². The van der Waals surface area contributed by atoms with E-state index in [1.807, 2.05) is 18.2 Å². The topological polar surface area (TPSA) is 96.3 Å². The van der Waals surface area contributed by atoms with E-state index in [1.165, 1.54) is 0 Å². The number of nitrogens with two attached hydrogens (primary N) is 1. The molecule has 2 fully saturated rings. The molecule has 4 N–H and O–H groups in total. The van der Waals surface area contributed by atoms with Gasteiger partial charge in [-0.25, -0.2) is 4.98 Å². The molecule has 7 nitrogen and oxygen atoms in total. The molecule has 1 amide bonds. The molecule has 1 saturated heterocycles. The Kier molecular flexibility index (Phi) is 5.71. The van der Waals surface area contributed by atoms with Crippen molar-refractivity contribution in [3.05, 3.63) is 24.0 Å². The highest BCUT2D eigenvalue weighted by Crippen LogP contribution is 2.32. The average Bonchev–Trinajstić information content (AvgIpc) is 3.33. The van der Waals surface area contributed by atoms with Gasteiger partial charge in [0.1, 0.15) is 5.82 Å². The van der Waals surface area contributed by atoms with Crippen molar-refractivity contribution < 1.29 is 9.53 Å². The van der Waals surface area contributed by atoms with Gasteiger partial charge in [0.2, 0.25) is 5.91 Å². The number of nitrogens with one attached hydrogen (secondary N) is 2. The number of anilines is 1. The Bertz CT molecular complexity index is 784. The maximum Gasteiger partial charge on any atom is 0.227 e. The summed E-state index contributed by atoms with van der Waals surface area (Å²) in [5, 5.41) is 3.07. The zero-order valence-corrected chi connectivity index (χ0v) is 15.7. The van der Waals surface area contributed by atoms with Gasteiger partial charge in [0.25, 0.3) is 0 Å². The second-order valence-electron chi connectivity index (χ2n) is 7.64. The molecule has 0 spiro atoms. The van der Waals surface area contributed by atoms with Gasteiger partial charge in [0.05, 0.1) is 24.2 Å². The summed E-state index contributed by atoms with van der Waals surface area (Å²) in [6.07, 6.45) is 3.97. The number of carbonyl (C=O) groups excluding carboxylic acids is 1. The molecule has 1 saturated carbocycles. The summed E-state index contributed by atoms with van der Waals surface area (Å²) in [4.78, 5) is 23.1. The van der Waals surface area contributed by atoms with Crippen LogP contribution in [0.15, 0.2) is 18.2 Å². The van der Waals surface area contributed by atoms with Gasteiger partial charge in [-0.15, -0.1) is 0 Å². The van der Waals surface area contributed by atoms with Crippen molar-refractivity contribution in [3.63, 3.8) is 0 Å². The lowest BCUT2D eigenvalue weighted by Gasteiger charge is -2.25. The Morgan fingerprint density at radius 3 is 3.00 bits per heavy atom. The van der Waals surface area contributed by atoms with Crippen molar-refractivity contribution >= 4 is 22.6 Å². The lowest BCUT2D eigenvalue weighted by atomic mass is 9.95. The van der Waals surface area contributed by atoms with Crippen molar-refractivity contribution in [1.29, 1.82) is 0 Å². The zero-order chi connectivity index (χ0) is 18.6. The normalized spacial score (nSPS) is 23.7. The molecular formula is C20H29N5O2. The van der Waals surface area contributed by atoms with Crippen molar-refractivity contribution in [2.75, 3.05) is 44.7 Å². The largest absolute Gasteiger partial charge is 0.379 e. The molecule has 0 bridgehead atoms. The fourth-order valence-electron chi connectivity index (χ4n) is 4.25. The molecule has 0 radical (unpaired) electrons. The minimum Gasteiger partial charge on any atom is -0.379 e. The first kappa shape index (κ1) is 18.4. The SMILES string of the molecule is NC[C@H]1CCC[C@H]1C(=O)Nc1ccc2nc(CCN3CCOCC3)[nH]c2c1. The van der Waals surface area contributed by atoms with E-state index in [-0.39, 0.29) is 11.8 Å². The lowest BCUT2D eigenvalue weighted by Crippen LogP contribution is -2.37. The predicted octanol–water partition coefficient (Wildman–Crippen LogP) is 1.75. The van der Waals surface area contributed by atoms with Crippen molar-refractivity contribution in [3.8, 4) is 0 Å². The molecule has 0 unspecified atom stereocenters. The number of hydrogen-bond donors (Lipinski definition) is 3. The van der Waals surface area contributed by atoms with Crippen LogP contribution in [0.2, 0.25) is 0 Å². The molecule has 1 aromatic carbocycles. The standard InChI is InChI=1S/C20H29N5O2/c21-13-14-2-1-3-16(14)20(26)22-15-4-5-17-18(12-15)24-19(23-17)6-7-25-8-10-27-11-9-25/h4-5,12,14,16H,1-3,6-11,13,21H2,(H,22,26)(H,23,24)/t14-,16-/m1/s1. The number of benzene rings is 1. The summed E-state index contributed by atoms with van der Waals surface area (Å²) in [7, 11) is 0. The summed E-state index contributed by atoms with van der Waals surface area (Å²) in [5.74, 6) is 1.43. The number of aromatic nitrogens is 2. The van der Waals surface area contributed by atoms with E-state index >= 15 is 0 Å². The van der Waals surface area contributed by atoms with Crippen LogP contribution in [-0.4, -0.2) is 60.2 Å². The number of amides is 1. The predicted molar refractivity (Wildman–Crippen MR) is 106 cm³/mol. The second kappa shape index (κ2) is 8.37. The summed E-state index contributed by atoms with van der Waals surface area (Å²) in [6.45, 7) is 5.17. The Hall–Kier alpha value is -1.96. The first-order valence-electron chi connectivity index (χ1n) is 10.0. The van der Waals surface area contributed by atoms with E-state index in [1.54, 1.807) is 0 Å². The maximum atomic E-state index is 12.6. The number of fused-ring (bicyclic) bond motifs is 1. The molecule has 146 valence electrons. The minimum absolute atomic E-state index is 0.0385. The minimum atomic E-state index is 0.0385. The van der Waals surface area contributed by atoms with Crippen molar-refractivity contribution in [2.45, 2.75) is 25.7 Å². The first-order chi connectivity index (χ1) is 13.2. The zero-order valence-electron chi connectivity index (χ0n) is 15.7. The lowest BCUT2D eigenvalue weighted by molar-refractivity contribution is -0.120. The molecule has 1 aliphatic carbocycles. The van der Waals surface area contributed by atoms with Gasteiger partial charge < -0.3 is 20.8 Å². The van der Waals surface area contributed by atoms with E-state index < -0.39 is 0 Å². The number of carbonyl (C=O) groups is 1. The number of H-pyrrole nitrogens is 1. The molecule has 2 atom stereocenters. The number of hydrogen-bond acceptors (Lipinski definition) is 5. The van der Waals surface area contributed by atoms with Gasteiger partial charge in [-0.05, 0) is 43.5 Å². The van der Waals surface area contributed by atoms with Crippen LogP contribution in [-0.2, 0) is 16.0 Å². The average molecular weight is 371 g/mol. The van der Waals surface area contributed by atoms with Crippen LogP contribution in [0.1, 0.15) is 25.1 Å². The molecule has 4 rings (SSSR count). The van der Waals surface area contributed by atoms with Crippen LogP contribution in [0.5, 0.6) is 0 Å². The summed E-state index contributed by atoms with van der Waals surface area (Å²) in [5.41, 5.74) is 8.53. The smallest absolute Gasteiger partial charge is 0.227 e. The first-order valence-corrected chi connectivity index (χ1v) is 10.0. The monoisotopic (exact) mass is 371 g/mol. The Morgan fingerprint density at radius 1 is 1.33 bits per heavy atom. The highest BCUT2D eigenvalue weighted by Gasteiger charge is 2.31. The van der Waals surface area contributed by atoms with Gasteiger partial charge in [-0.1, -0.05) is 6.42 Å². The second-order valence-corrected chi connectivity index (χ2v) is 7.64. The van der Waals surface area contributed by atoms with E-state index in [0.717, 1.165) is 81.1 Å². The van der Waals surface area contributed by atoms with Gasteiger partial charge in [0.15, 0.2) is 0 Å². The van der Waals surface area contributed by atoms with E-state index in [2.05, 4.69) is 20.2 Å². The third-order valence-corrected chi connectivity index (χ3v) is 5.87. The fourth-order valence-corrected chi connectivity index (χ4v) is 4.25. The number of aromatic amines is 1. The molecular weight excluding hydrogens is 342 g/mol. The van der Waals surface area contributed by atoms with Gasteiger partial charge in [-0.3, -0.25) is 9.69 Å². The third kappa shape index (κ3) is 4.31. The summed E-state index contributed by atoms with van der Waals surface area (Å²) < 4.78 is 5.39. The van der Waals surface area contributed by atoms with Gasteiger partial charge in [-0.2, -0.15) is 0 Å². The third-order valence-electron chi connectivity index (χ3n) is 5.87. The molecule has 7 heteroatoms. The molecule has 2 aliphatic rings. The van der Waals surface area contributed by atoms with E-state index in [0.29, 0.717) is 12.5 Å². The molecule has 1 aromatic heterocycles. The van der Waals surface area contributed by atoms with Crippen LogP contribution in [0, 0.1) is 11.8 Å². The van der Waals surface area contributed by atoms with Crippen LogP contribution in [0.25, 0.3) is 11.0 Å². The number of nitrogens with zero attached hydrogens (tertiary/aromatic N) is 2. The summed E-state index contributed by atoms with van der Waals surface area (Å²) in [6, 6.07) is 5.87. The summed E-state index contributed by atoms with van der Waals surface area (Å²) >= 11 is 0. The van der Waals surface area contributed by atoms with Crippen LogP contribution in [0.4, 0.5) is 5.69 Å². The number of imidazole rings is 1. The molecule has 1 aliphatic heterocycles. The van der Waals surface area contributed by atoms with Crippen molar-refractivity contribution in [2.24, 2.45) is 17.6 Å². The number of morpholine rings is 1.